The van der Waals surface area contributed by atoms with Gasteiger partial charge < -0.3 is 0 Å². The summed E-state index contributed by atoms with van der Waals surface area (Å²) >= 11 is 5.40. The highest BCUT2D eigenvalue weighted by Crippen LogP contribution is 2.17. The first kappa shape index (κ1) is 15.7. The molecule has 0 radical (unpaired) electrons. The molecule has 0 saturated carbocycles. The molecule has 94 valence electrons. The molecule has 0 aromatic rings. The van der Waals surface area contributed by atoms with Crippen molar-refractivity contribution < 1.29 is 4.79 Å². The Bertz CT molecular complexity index is 209. The number of halogens is 1. The molecule has 0 rings (SSSR count). The fraction of sp³-hybridized carbons (Fsp3) is 0.786. The lowest BCUT2D eigenvalue weighted by molar-refractivity contribution is -0.107. The van der Waals surface area contributed by atoms with Crippen LogP contribution in [0, 0.1) is 0 Å². The first-order chi connectivity index (χ1) is 7.70. The molecule has 0 saturated heterocycles. The van der Waals surface area contributed by atoms with Crippen molar-refractivity contribution in [1.82, 2.24) is 0 Å². The Kier molecular flexibility index (Phi) is 11.0. The quantitative estimate of drug-likeness (QED) is 0.292. The van der Waals surface area contributed by atoms with Crippen LogP contribution in [0.4, 0.5) is 0 Å². The Balaban J connectivity index is 3.79. The Morgan fingerprint density at radius 2 is 1.50 bits per heavy atom. The minimum atomic E-state index is -0.320. The highest BCUT2D eigenvalue weighted by Gasteiger charge is 2.00. The maximum Gasteiger partial charge on any atom is 0.245 e. The maximum atomic E-state index is 10.8. The molecule has 0 N–H and O–H groups in total. The highest BCUT2D eigenvalue weighted by molar-refractivity contribution is 6.66. The van der Waals surface area contributed by atoms with Gasteiger partial charge in [0, 0.05) is 0 Å². The van der Waals surface area contributed by atoms with Crippen molar-refractivity contribution in [1.29, 1.82) is 0 Å². The van der Waals surface area contributed by atoms with E-state index < -0.39 is 0 Å². The molecular weight excluding hydrogens is 220 g/mol. The first-order valence-electron chi connectivity index (χ1n) is 6.59. The Morgan fingerprint density at radius 1 is 0.938 bits per heavy atom. The van der Waals surface area contributed by atoms with Gasteiger partial charge in [0.2, 0.25) is 5.24 Å². The highest BCUT2D eigenvalue weighted by atomic mass is 35.5. The third-order valence-corrected chi connectivity index (χ3v) is 2.88. The van der Waals surface area contributed by atoms with E-state index in [9.17, 15) is 4.79 Å². The molecule has 0 fully saturated rings. The van der Waals surface area contributed by atoms with Gasteiger partial charge in [0.15, 0.2) is 0 Å². The van der Waals surface area contributed by atoms with Crippen LogP contribution in [0.15, 0.2) is 11.6 Å². The van der Waals surface area contributed by atoms with E-state index in [1.807, 2.05) is 0 Å². The lowest BCUT2D eigenvalue weighted by Crippen LogP contribution is -1.90. The molecule has 0 bridgehead atoms. The molecule has 0 aromatic heterocycles. The number of carbonyl (C=O) groups excluding carboxylic acids is 1. The van der Waals surface area contributed by atoms with Gasteiger partial charge in [0.25, 0.3) is 0 Å². The van der Waals surface area contributed by atoms with Crippen LogP contribution >= 0.6 is 11.6 Å². The van der Waals surface area contributed by atoms with E-state index in [2.05, 4.69) is 13.8 Å². The molecule has 0 aliphatic carbocycles. The maximum absolute atomic E-state index is 10.8. The van der Waals surface area contributed by atoms with Crippen molar-refractivity contribution in [3.8, 4) is 0 Å². The summed E-state index contributed by atoms with van der Waals surface area (Å²) < 4.78 is 0. The predicted octanol–water partition coefficient (Wildman–Crippen LogP) is 5.23. The molecule has 0 aromatic carbocycles. The Hall–Kier alpha value is -0.300. The van der Waals surface area contributed by atoms with Crippen LogP contribution in [-0.4, -0.2) is 5.24 Å². The van der Waals surface area contributed by atoms with E-state index in [0.29, 0.717) is 0 Å². The van der Waals surface area contributed by atoms with Gasteiger partial charge in [-0.15, -0.1) is 0 Å². The molecule has 2 heteroatoms. The van der Waals surface area contributed by atoms with Crippen LogP contribution < -0.4 is 0 Å². The molecule has 16 heavy (non-hydrogen) atoms. The van der Waals surface area contributed by atoms with Gasteiger partial charge in [-0.1, -0.05) is 51.5 Å². The summed E-state index contributed by atoms with van der Waals surface area (Å²) in [6.07, 6.45) is 12.4. The van der Waals surface area contributed by atoms with Gasteiger partial charge in [-0.2, -0.15) is 0 Å². The molecule has 0 heterocycles. The average Bonchev–Trinajstić information content (AvgIpc) is 2.24. The zero-order valence-corrected chi connectivity index (χ0v) is 11.5. The summed E-state index contributed by atoms with van der Waals surface area (Å²) in [4.78, 5) is 10.8. The zero-order valence-electron chi connectivity index (χ0n) is 10.7. The summed E-state index contributed by atoms with van der Waals surface area (Å²) in [7, 11) is 0. The van der Waals surface area contributed by atoms with Gasteiger partial charge in [-0.3, -0.25) is 4.79 Å². The van der Waals surface area contributed by atoms with Gasteiger partial charge in [-0.05, 0) is 43.4 Å². The molecular formula is C14H25ClO. The second-order valence-electron chi connectivity index (χ2n) is 4.37. The van der Waals surface area contributed by atoms with Gasteiger partial charge >= 0.3 is 0 Å². The SMILES string of the molecule is CCCCCCC/C(=C/C(=O)Cl)CCCC. The Morgan fingerprint density at radius 3 is 2.06 bits per heavy atom. The van der Waals surface area contributed by atoms with Crippen molar-refractivity contribution in [2.45, 2.75) is 71.6 Å². The third-order valence-electron chi connectivity index (χ3n) is 2.77. The van der Waals surface area contributed by atoms with Crippen LogP contribution in [0.5, 0.6) is 0 Å². The first-order valence-corrected chi connectivity index (χ1v) is 6.97. The summed E-state index contributed by atoms with van der Waals surface area (Å²) in [5.74, 6) is 0. The van der Waals surface area contributed by atoms with E-state index in [1.165, 1.54) is 44.1 Å². The molecule has 1 nitrogen and oxygen atoms in total. The lowest BCUT2D eigenvalue weighted by atomic mass is 10.0. The predicted molar refractivity (Wildman–Crippen MR) is 71.8 cm³/mol. The number of unbranched alkanes of at least 4 members (excludes halogenated alkanes) is 5. The monoisotopic (exact) mass is 244 g/mol. The number of hydrogen-bond acceptors (Lipinski definition) is 1. The van der Waals surface area contributed by atoms with Crippen LogP contribution in [0.2, 0.25) is 0 Å². The number of allylic oxidation sites excluding steroid dienone is 2. The number of rotatable bonds is 10. The van der Waals surface area contributed by atoms with Crippen molar-refractivity contribution in [2.75, 3.05) is 0 Å². The van der Waals surface area contributed by atoms with Crippen molar-refractivity contribution in [3.63, 3.8) is 0 Å². The van der Waals surface area contributed by atoms with E-state index in [-0.39, 0.29) is 5.24 Å². The minimum Gasteiger partial charge on any atom is -0.276 e. The van der Waals surface area contributed by atoms with Crippen molar-refractivity contribution in [3.05, 3.63) is 11.6 Å². The van der Waals surface area contributed by atoms with Crippen LogP contribution in [0.25, 0.3) is 0 Å². The Labute approximate surface area is 105 Å². The molecule has 0 spiro atoms. The second-order valence-corrected chi connectivity index (χ2v) is 4.75. The summed E-state index contributed by atoms with van der Waals surface area (Å²) in [6, 6.07) is 0. The fourth-order valence-electron chi connectivity index (χ4n) is 1.79. The minimum absolute atomic E-state index is 0.320. The van der Waals surface area contributed by atoms with Crippen LogP contribution in [0.3, 0.4) is 0 Å². The molecule has 0 aliphatic heterocycles. The summed E-state index contributed by atoms with van der Waals surface area (Å²) in [5, 5.41) is -0.320. The van der Waals surface area contributed by atoms with Crippen molar-refractivity contribution in [2.24, 2.45) is 0 Å². The van der Waals surface area contributed by atoms with Gasteiger partial charge in [-0.25, -0.2) is 0 Å². The van der Waals surface area contributed by atoms with Gasteiger partial charge in [0.05, 0.1) is 0 Å². The molecule has 0 aliphatic rings. The number of hydrogen-bond donors (Lipinski definition) is 0. The fourth-order valence-corrected chi connectivity index (χ4v) is 1.94. The average molecular weight is 245 g/mol. The summed E-state index contributed by atoms with van der Waals surface area (Å²) in [5.41, 5.74) is 1.23. The van der Waals surface area contributed by atoms with E-state index in [0.717, 1.165) is 19.3 Å². The van der Waals surface area contributed by atoms with Crippen LogP contribution in [-0.2, 0) is 4.79 Å². The smallest absolute Gasteiger partial charge is 0.245 e. The topological polar surface area (TPSA) is 17.1 Å². The molecule has 0 amide bonds. The van der Waals surface area contributed by atoms with E-state index in [1.54, 1.807) is 6.08 Å². The van der Waals surface area contributed by atoms with E-state index >= 15 is 0 Å². The lowest BCUT2D eigenvalue weighted by Gasteiger charge is -2.06. The zero-order chi connectivity index (χ0) is 12.2. The van der Waals surface area contributed by atoms with Crippen LogP contribution in [0.1, 0.15) is 71.6 Å². The molecule has 0 unspecified atom stereocenters. The van der Waals surface area contributed by atoms with Crippen molar-refractivity contribution >= 4 is 16.8 Å². The number of carbonyl (C=O) groups is 1. The summed E-state index contributed by atoms with van der Waals surface area (Å²) in [6.45, 7) is 4.39. The third kappa shape index (κ3) is 10.2. The normalized spacial score (nSPS) is 11.8. The second kappa shape index (κ2) is 11.2. The largest absolute Gasteiger partial charge is 0.276 e. The molecule has 0 atom stereocenters. The standard InChI is InChI=1S/C14H25ClO/c1-3-5-7-8-9-11-13(10-6-4-2)12-14(15)16/h12H,3-11H2,1-2H3/b13-12+. The van der Waals surface area contributed by atoms with Gasteiger partial charge in [0.1, 0.15) is 0 Å². The van der Waals surface area contributed by atoms with E-state index in [4.69, 9.17) is 11.6 Å².